The molecule has 0 aliphatic heterocycles. The predicted molar refractivity (Wildman–Crippen MR) is 162 cm³/mol. The lowest BCUT2D eigenvalue weighted by Crippen LogP contribution is -2.32. The predicted octanol–water partition coefficient (Wildman–Crippen LogP) is 5.36. The third kappa shape index (κ3) is 9.64. The highest BCUT2D eigenvalue weighted by atomic mass is 79.9. The maximum Gasteiger partial charge on any atom is 0.329 e. The first-order valence-corrected chi connectivity index (χ1v) is 13.8. The van der Waals surface area contributed by atoms with Crippen LogP contribution in [-0.2, 0) is 14.4 Å². The third-order valence-corrected chi connectivity index (χ3v) is 6.23. The molecule has 0 saturated heterocycles. The lowest BCUT2D eigenvalue weighted by atomic mass is 10.1. The first kappa shape index (κ1) is 31.2. The molecule has 0 aliphatic carbocycles. The molecule has 3 aromatic carbocycles. The van der Waals surface area contributed by atoms with E-state index in [0.29, 0.717) is 51.9 Å². The summed E-state index contributed by atoms with van der Waals surface area (Å²) in [6, 6.07) is 15.7. The molecule has 0 radical (unpaired) electrons. The van der Waals surface area contributed by atoms with E-state index in [0.717, 1.165) is 17.5 Å². The molecule has 0 heterocycles. The zero-order valence-corrected chi connectivity index (χ0v) is 25.0. The van der Waals surface area contributed by atoms with E-state index >= 15 is 0 Å². The van der Waals surface area contributed by atoms with Crippen molar-refractivity contribution in [2.75, 3.05) is 30.5 Å². The Morgan fingerprint density at radius 1 is 0.854 bits per heavy atom. The fourth-order valence-electron chi connectivity index (χ4n) is 3.48. The van der Waals surface area contributed by atoms with Crippen molar-refractivity contribution in [3.63, 3.8) is 0 Å². The van der Waals surface area contributed by atoms with Gasteiger partial charge in [-0.05, 0) is 108 Å². The lowest BCUT2D eigenvalue weighted by molar-refractivity contribution is -0.136. The Morgan fingerprint density at radius 2 is 1.59 bits per heavy atom. The van der Waals surface area contributed by atoms with Crippen LogP contribution in [-0.4, -0.2) is 43.8 Å². The summed E-state index contributed by atoms with van der Waals surface area (Å²) in [4.78, 5) is 36.9. The van der Waals surface area contributed by atoms with Gasteiger partial charge in [0.2, 0.25) is 0 Å². The minimum Gasteiger partial charge on any atom is -0.494 e. The monoisotopic (exact) mass is 624 g/mol. The first-order chi connectivity index (χ1) is 19.7. The number of hydrogen-bond acceptors (Lipinski definition) is 7. The van der Waals surface area contributed by atoms with Crippen molar-refractivity contribution in [1.29, 1.82) is 0 Å². The molecule has 3 amide bonds. The van der Waals surface area contributed by atoms with Gasteiger partial charge in [0.1, 0.15) is 5.75 Å². The molecular formula is C30H33BrN4O6. The number of hydrazone groups is 1. The highest BCUT2D eigenvalue weighted by Gasteiger charge is 2.15. The van der Waals surface area contributed by atoms with Crippen LogP contribution in [0.3, 0.4) is 0 Å². The van der Waals surface area contributed by atoms with Gasteiger partial charge >= 0.3 is 11.8 Å². The van der Waals surface area contributed by atoms with Crippen LogP contribution < -0.4 is 30.3 Å². The number of hydrogen-bond donors (Lipinski definition) is 3. The van der Waals surface area contributed by atoms with Crippen LogP contribution in [0.2, 0.25) is 0 Å². The molecule has 0 bridgehead atoms. The van der Waals surface area contributed by atoms with E-state index in [1.165, 1.54) is 6.21 Å². The Bertz CT molecular complexity index is 1410. The average molecular weight is 626 g/mol. The zero-order chi connectivity index (χ0) is 29.8. The molecule has 0 atom stereocenters. The summed E-state index contributed by atoms with van der Waals surface area (Å²) in [5, 5.41) is 9.19. The standard InChI is InChI=1S/C30H33BrN4O6/c1-5-13-40-24-11-9-22(10-12-24)34-29(37)30(38)35-32-17-21-15-25(31)28(26(16-21)39-6-2)41-18-27(36)33-23-8-7-19(3)20(4)14-23/h7-12,14-17H,5-6,13,18H2,1-4H3,(H,33,36)(H,34,37)(H,35,38)/b32-17-. The normalized spacial score (nSPS) is 10.7. The largest absolute Gasteiger partial charge is 0.494 e. The number of halogens is 1. The maximum atomic E-state index is 12.5. The van der Waals surface area contributed by atoms with E-state index in [1.807, 2.05) is 45.9 Å². The molecule has 216 valence electrons. The fraction of sp³-hybridized carbons (Fsp3) is 0.267. The van der Waals surface area contributed by atoms with Crippen LogP contribution in [0.15, 0.2) is 64.2 Å². The summed E-state index contributed by atoms with van der Waals surface area (Å²) in [7, 11) is 0. The number of aryl methyl sites for hydroxylation is 2. The topological polar surface area (TPSA) is 127 Å². The molecule has 0 saturated carbocycles. The minimum atomic E-state index is -0.939. The van der Waals surface area contributed by atoms with E-state index in [9.17, 15) is 14.4 Å². The Morgan fingerprint density at radius 3 is 2.27 bits per heavy atom. The number of nitrogens with one attached hydrogen (secondary N) is 3. The van der Waals surface area contributed by atoms with Gasteiger partial charge in [-0.1, -0.05) is 13.0 Å². The average Bonchev–Trinajstić information content (AvgIpc) is 2.94. The van der Waals surface area contributed by atoms with Crippen LogP contribution in [0.1, 0.15) is 37.0 Å². The van der Waals surface area contributed by atoms with Gasteiger partial charge in [-0.3, -0.25) is 14.4 Å². The van der Waals surface area contributed by atoms with Crippen molar-refractivity contribution in [2.45, 2.75) is 34.1 Å². The number of ether oxygens (including phenoxy) is 3. The molecule has 41 heavy (non-hydrogen) atoms. The van der Waals surface area contributed by atoms with Gasteiger partial charge in [-0.25, -0.2) is 5.43 Å². The van der Waals surface area contributed by atoms with Gasteiger partial charge in [-0.15, -0.1) is 0 Å². The van der Waals surface area contributed by atoms with Crippen LogP contribution in [0.4, 0.5) is 11.4 Å². The molecule has 0 fully saturated rings. The number of amides is 3. The number of rotatable bonds is 12. The van der Waals surface area contributed by atoms with E-state index in [-0.39, 0.29) is 12.5 Å². The lowest BCUT2D eigenvalue weighted by Gasteiger charge is -2.15. The summed E-state index contributed by atoms with van der Waals surface area (Å²) in [5.41, 5.74) is 6.09. The molecule has 0 aliphatic rings. The minimum absolute atomic E-state index is 0.237. The molecule has 10 nitrogen and oxygen atoms in total. The van der Waals surface area contributed by atoms with Crippen molar-refractivity contribution in [3.05, 3.63) is 75.8 Å². The SMILES string of the molecule is CCCOc1ccc(NC(=O)C(=O)N/N=C\c2cc(Br)c(OCC(=O)Nc3ccc(C)c(C)c3)c(OCC)c2)cc1. The highest BCUT2D eigenvalue weighted by Crippen LogP contribution is 2.36. The van der Waals surface area contributed by atoms with Crippen LogP contribution in [0.25, 0.3) is 0 Å². The summed E-state index contributed by atoms with van der Waals surface area (Å²) in [5.74, 6) is -0.746. The molecule has 11 heteroatoms. The van der Waals surface area contributed by atoms with Crippen molar-refractivity contribution in [3.8, 4) is 17.2 Å². The van der Waals surface area contributed by atoms with Gasteiger partial charge in [0, 0.05) is 11.4 Å². The Balaban J connectivity index is 1.57. The smallest absolute Gasteiger partial charge is 0.329 e. The van der Waals surface area contributed by atoms with Crippen LogP contribution in [0, 0.1) is 13.8 Å². The zero-order valence-electron chi connectivity index (χ0n) is 23.4. The second-order valence-electron chi connectivity index (χ2n) is 8.92. The van der Waals surface area contributed by atoms with Crippen molar-refractivity contribution < 1.29 is 28.6 Å². The molecule has 3 rings (SSSR count). The molecule has 0 unspecified atom stereocenters. The van der Waals surface area contributed by atoms with Crippen molar-refractivity contribution in [1.82, 2.24) is 5.43 Å². The van der Waals surface area contributed by atoms with Gasteiger partial charge in [-0.2, -0.15) is 5.10 Å². The molecule has 3 N–H and O–H groups in total. The van der Waals surface area contributed by atoms with Crippen LogP contribution in [0.5, 0.6) is 17.2 Å². The Hall–Kier alpha value is -4.38. The fourth-order valence-corrected chi connectivity index (χ4v) is 4.05. The van der Waals surface area contributed by atoms with Crippen molar-refractivity contribution in [2.24, 2.45) is 5.10 Å². The second-order valence-corrected chi connectivity index (χ2v) is 9.78. The molecule has 0 spiro atoms. The first-order valence-electron chi connectivity index (χ1n) is 13.0. The van der Waals surface area contributed by atoms with E-state index in [2.05, 4.69) is 37.1 Å². The number of benzene rings is 3. The number of anilines is 2. The molecule has 0 aromatic heterocycles. The maximum absolute atomic E-state index is 12.5. The Labute approximate surface area is 247 Å². The highest BCUT2D eigenvalue weighted by molar-refractivity contribution is 9.10. The quantitative estimate of drug-likeness (QED) is 0.141. The Kier molecular flexibility index (Phi) is 11.7. The van der Waals surface area contributed by atoms with E-state index in [4.69, 9.17) is 14.2 Å². The van der Waals surface area contributed by atoms with Gasteiger partial charge in [0.25, 0.3) is 5.91 Å². The number of nitrogens with zero attached hydrogens (tertiary/aromatic N) is 1. The summed E-state index contributed by atoms with van der Waals surface area (Å²) in [6.07, 6.45) is 2.24. The second kappa shape index (κ2) is 15.4. The third-order valence-electron chi connectivity index (χ3n) is 5.64. The van der Waals surface area contributed by atoms with E-state index in [1.54, 1.807) is 36.4 Å². The van der Waals surface area contributed by atoms with Gasteiger partial charge in [0.15, 0.2) is 18.1 Å². The van der Waals surface area contributed by atoms with Crippen LogP contribution >= 0.6 is 15.9 Å². The molecule has 3 aromatic rings. The van der Waals surface area contributed by atoms with E-state index < -0.39 is 11.8 Å². The summed E-state index contributed by atoms with van der Waals surface area (Å²) < 4.78 is 17.5. The summed E-state index contributed by atoms with van der Waals surface area (Å²) >= 11 is 3.44. The molecular weight excluding hydrogens is 592 g/mol. The number of carbonyl (C=O) groups excluding carboxylic acids is 3. The summed E-state index contributed by atoms with van der Waals surface area (Å²) in [6.45, 7) is 8.50. The van der Waals surface area contributed by atoms with Crippen molar-refractivity contribution >= 4 is 51.2 Å². The van der Waals surface area contributed by atoms with Gasteiger partial charge in [0.05, 0.1) is 23.9 Å². The number of carbonyl (C=O) groups is 3. The van der Waals surface area contributed by atoms with Gasteiger partial charge < -0.3 is 24.8 Å².